The second kappa shape index (κ2) is 6.57. The van der Waals surface area contributed by atoms with Gasteiger partial charge in [-0.3, -0.25) is 0 Å². The van der Waals surface area contributed by atoms with Crippen molar-refractivity contribution >= 4 is 11.3 Å². The average Bonchev–Trinajstić information content (AvgIpc) is 2.90. The Kier molecular flexibility index (Phi) is 4.79. The summed E-state index contributed by atoms with van der Waals surface area (Å²) in [7, 11) is 0. The number of rotatable bonds is 6. The van der Waals surface area contributed by atoms with E-state index in [4.69, 9.17) is 4.74 Å². The summed E-state index contributed by atoms with van der Waals surface area (Å²) in [6.07, 6.45) is 0. The highest BCUT2D eigenvalue weighted by Crippen LogP contribution is 2.28. The van der Waals surface area contributed by atoms with Crippen LogP contribution in [0, 0.1) is 0 Å². The van der Waals surface area contributed by atoms with Crippen LogP contribution in [-0.2, 0) is 0 Å². The number of thiophene rings is 1. The number of hydrogen-bond donors (Lipinski definition) is 1. The van der Waals surface area contributed by atoms with E-state index in [1.54, 1.807) is 11.3 Å². The molecule has 0 aliphatic carbocycles. The van der Waals surface area contributed by atoms with Gasteiger partial charge in [0, 0.05) is 4.88 Å². The van der Waals surface area contributed by atoms with Crippen LogP contribution < -0.4 is 10.1 Å². The largest absolute Gasteiger partial charge is 0.494 e. The topological polar surface area (TPSA) is 21.3 Å². The zero-order valence-electron chi connectivity index (χ0n) is 10.8. The maximum Gasteiger partial charge on any atom is 0.119 e. The van der Waals surface area contributed by atoms with Gasteiger partial charge >= 0.3 is 0 Å². The molecule has 1 heterocycles. The Labute approximate surface area is 113 Å². The van der Waals surface area contributed by atoms with Crippen LogP contribution in [0.5, 0.6) is 5.75 Å². The van der Waals surface area contributed by atoms with Crippen molar-refractivity contribution < 1.29 is 4.74 Å². The fourth-order valence-corrected chi connectivity index (χ4v) is 2.82. The monoisotopic (exact) mass is 261 g/mol. The van der Waals surface area contributed by atoms with Crippen molar-refractivity contribution in [2.75, 3.05) is 13.2 Å². The molecule has 0 amide bonds. The smallest absolute Gasteiger partial charge is 0.119 e. The van der Waals surface area contributed by atoms with E-state index in [9.17, 15) is 0 Å². The zero-order chi connectivity index (χ0) is 12.8. The standard InChI is InChI=1S/C15H19NOS/c1-3-16-15(14-9-6-10-18-14)12-7-5-8-13(11-12)17-4-2/h5-11,15-16H,3-4H2,1-2H3. The summed E-state index contributed by atoms with van der Waals surface area (Å²) in [5, 5.41) is 5.64. The lowest BCUT2D eigenvalue weighted by atomic mass is 10.1. The van der Waals surface area contributed by atoms with Gasteiger partial charge in [-0.25, -0.2) is 0 Å². The molecule has 2 nitrogen and oxygen atoms in total. The van der Waals surface area contributed by atoms with Crippen molar-refractivity contribution in [3.05, 3.63) is 52.2 Å². The van der Waals surface area contributed by atoms with E-state index >= 15 is 0 Å². The van der Waals surface area contributed by atoms with Gasteiger partial charge in [0.2, 0.25) is 0 Å². The minimum absolute atomic E-state index is 0.260. The second-order valence-electron chi connectivity index (χ2n) is 4.01. The van der Waals surface area contributed by atoms with Crippen molar-refractivity contribution in [1.29, 1.82) is 0 Å². The van der Waals surface area contributed by atoms with Gasteiger partial charge in [-0.15, -0.1) is 11.3 Å². The fraction of sp³-hybridized carbons (Fsp3) is 0.333. The molecule has 0 saturated heterocycles. The molecule has 0 saturated carbocycles. The van der Waals surface area contributed by atoms with E-state index in [1.165, 1.54) is 10.4 Å². The van der Waals surface area contributed by atoms with E-state index in [1.807, 2.05) is 13.0 Å². The molecule has 1 unspecified atom stereocenters. The molecular formula is C15H19NOS. The van der Waals surface area contributed by atoms with Crippen molar-refractivity contribution in [1.82, 2.24) is 5.32 Å². The molecule has 2 aromatic rings. The van der Waals surface area contributed by atoms with Crippen LogP contribution in [0.3, 0.4) is 0 Å². The Morgan fingerprint density at radius 2 is 2.11 bits per heavy atom. The predicted molar refractivity (Wildman–Crippen MR) is 77.4 cm³/mol. The van der Waals surface area contributed by atoms with E-state index in [0.29, 0.717) is 6.61 Å². The first-order chi connectivity index (χ1) is 8.85. The third-order valence-corrected chi connectivity index (χ3v) is 3.68. The maximum atomic E-state index is 5.57. The normalized spacial score (nSPS) is 12.3. The molecule has 3 heteroatoms. The summed E-state index contributed by atoms with van der Waals surface area (Å²) in [5.41, 5.74) is 1.25. The summed E-state index contributed by atoms with van der Waals surface area (Å²) in [6, 6.07) is 12.9. The van der Waals surface area contributed by atoms with E-state index < -0.39 is 0 Å². The summed E-state index contributed by atoms with van der Waals surface area (Å²) in [4.78, 5) is 1.34. The van der Waals surface area contributed by atoms with Crippen LogP contribution in [0.25, 0.3) is 0 Å². The molecule has 0 aliphatic heterocycles. The van der Waals surface area contributed by atoms with E-state index in [0.717, 1.165) is 12.3 Å². The molecule has 96 valence electrons. The molecule has 1 atom stereocenters. The molecule has 0 spiro atoms. The van der Waals surface area contributed by atoms with Gasteiger partial charge < -0.3 is 10.1 Å². The third-order valence-electron chi connectivity index (χ3n) is 2.74. The molecule has 0 bridgehead atoms. The molecule has 18 heavy (non-hydrogen) atoms. The summed E-state index contributed by atoms with van der Waals surface area (Å²) < 4.78 is 5.57. The summed E-state index contributed by atoms with van der Waals surface area (Å²) >= 11 is 1.78. The molecular weight excluding hydrogens is 242 g/mol. The van der Waals surface area contributed by atoms with Gasteiger partial charge in [0.15, 0.2) is 0 Å². The molecule has 0 radical (unpaired) electrons. The Hall–Kier alpha value is -1.32. The lowest BCUT2D eigenvalue weighted by molar-refractivity contribution is 0.339. The van der Waals surface area contributed by atoms with Gasteiger partial charge in [0.25, 0.3) is 0 Å². The average molecular weight is 261 g/mol. The van der Waals surface area contributed by atoms with E-state index in [2.05, 4.69) is 48.0 Å². The van der Waals surface area contributed by atoms with Gasteiger partial charge in [-0.05, 0) is 42.6 Å². The Bertz CT molecular complexity index is 467. The number of hydrogen-bond acceptors (Lipinski definition) is 3. The number of nitrogens with one attached hydrogen (secondary N) is 1. The highest BCUT2D eigenvalue weighted by Gasteiger charge is 2.14. The first-order valence-electron chi connectivity index (χ1n) is 6.34. The molecule has 0 aliphatic rings. The van der Waals surface area contributed by atoms with Crippen LogP contribution >= 0.6 is 11.3 Å². The molecule has 0 fully saturated rings. The van der Waals surface area contributed by atoms with Crippen molar-refractivity contribution in [2.45, 2.75) is 19.9 Å². The highest BCUT2D eigenvalue weighted by atomic mass is 32.1. The highest BCUT2D eigenvalue weighted by molar-refractivity contribution is 7.10. The Morgan fingerprint density at radius 1 is 1.22 bits per heavy atom. The van der Waals surface area contributed by atoms with Crippen LogP contribution in [-0.4, -0.2) is 13.2 Å². The van der Waals surface area contributed by atoms with Gasteiger partial charge in [0.1, 0.15) is 5.75 Å². The van der Waals surface area contributed by atoms with Crippen molar-refractivity contribution in [2.24, 2.45) is 0 Å². The van der Waals surface area contributed by atoms with Gasteiger partial charge in [-0.2, -0.15) is 0 Å². The maximum absolute atomic E-state index is 5.57. The summed E-state index contributed by atoms with van der Waals surface area (Å²) in [6.45, 7) is 5.79. The van der Waals surface area contributed by atoms with Gasteiger partial charge in [0.05, 0.1) is 12.6 Å². The Balaban J connectivity index is 2.27. The SMILES string of the molecule is CCNC(c1cccc(OCC)c1)c1cccs1. The van der Waals surface area contributed by atoms with Crippen LogP contribution in [0.4, 0.5) is 0 Å². The van der Waals surface area contributed by atoms with Gasteiger partial charge in [-0.1, -0.05) is 25.1 Å². The van der Waals surface area contributed by atoms with Crippen LogP contribution in [0.2, 0.25) is 0 Å². The first kappa shape index (κ1) is 13.1. The number of benzene rings is 1. The predicted octanol–water partition coefficient (Wildman–Crippen LogP) is 3.85. The fourth-order valence-electron chi connectivity index (χ4n) is 1.99. The molecule has 1 N–H and O–H groups in total. The third kappa shape index (κ3) is 3.12. The summed E-state index contributed by atoms with van der Waals surface area (Å²) in [5.74, 6) is 0.939. The first-order valence-corrected chi connectivity index (χ1v) is 7.22. The molecule has 1 aromatic carbocycles. The quantitative estimate of drug-likeness (QED) is 0.853. The minimum Gasteiger partial charge on any atom is -0.494 e. The second-order valence-corrected chi connectivity index (χ2v) is 4.99. The Morgan fingerprint density at radius 3 is 2.78 bits per heavy atom. The lowest BCUT2D eigenvalue weighted by Gasteiger charge is -2.17. The van der Waals surface area contributed by atoms with Crippen molar-refractivity contribution in [3.63, 3.8) is 0 Å². The minimum atomic E-state index is 0.260. The van der Waals surface area contributed by atoms with Crippen molar-refractivity contribution in [3.8, 4) is 5.75 Å². The van der Waals surface area contributed by atoms with E-state index in [-0.39, 0.29) is 6.04 Å². The van der Waals surface area contributed by atoms with Crippen LogP contribution in [0.1, 0.15) is 30.3 Å². The lowest BCUT2D eigenvalue weighted by Crippen LogP contribution is -2.21. The van der Waals surface area contributed by atoms with Crippen LogP contribution in [0.15, 0.2) is 41.8 Å². The molecule has 1 aromatic heterocycles. The molecule has 2 rings (SSSR count). The number of ether oxygens (including phenoxy) is 1. The zero-order valence-corrected chi connectivity index (χ0v) is 11.7.